The number of rotatable bonds is 15. The normalized spacial score (nSPS) is 34.8. The number of likely N-dealkylation sites (N-methyl/N-ethyl adjacent to an activating group) is 1. The number of benzene rings is 1. The number of nitrogens with zero attached hydrogens (tertiary/aromatic N) is 1. The van der Waals surface area contributed by atoms with Gasteiger partial charge in [-0.1, -0.05) is 86.9 Å². The number of dihydropyridines is 2. The van der Waals surface area contributed by atoms with Crippen LogP contribution in [0, 0.1) is 23.2 Å². The molecule has 5 heterocycles. The van der Waals surface area contributed by atoms with Crippen molar-refractivity contribution in [2.24, 2.45) is 33.9 Å². The Balaban J connectivity index is 1.13. The number of cyclic esters (lactones) is 1. The summed E-state index contributed by atoms with van der Waals surface area (Å²) in [6.07, 6.45) is 28.5. The number of carbonyl (C=O) groups excluding carboxylic acids is 3. The van der Waals surface area contributed by atoms with Crippen molar-refractivity contribution in [3.8, 4) is 0 Å². The standard InChI is InChI=1S/C58H81N9O6/c1-6-62-46-29-40-15-9-14-39-13-7-8-23-55(3,33-38-19-20-48(59)65-35-38)34-41-16-10-17-43-50(41)52(70)58(53(71)72-47(18-11-28-68)45(46)31-44(39)40)57(73-58,51(43)69)25-21-37(2)32-56(24-12-26-64-54(61-5)67-56)42-22-27-63-49(30-42)66-36-60-4/h9-10,15-17,19-22,29-30,35,39,44-48,60,62-63,65-66,68H,6-8,11-14,18,23-28,31-34,36,59H2,1-5H3,(H2,61,64,67). The first-order valence-electron chi connectivity index (χ1n) is 27.2. The molecule has 3 aliphatic carbocycles. The zero-order chi connectivity index (χ0) is 51.4. The quantitative estimate of drug-likeness (QED) is 0.0335. The maximum atomic E-state index is 15.9. The minimum Gasteiger partial charge on any atom is -0.459 e. The molecule has 8 aliphatic rings. The lowest BCUT2D eigenvalue weighted by molar-refractivity contribution is -0.158. The van der Waals surface area contributed by atoms with Crippen molar-refractivity contribution in [2.75, 3.05) is 47.0 Å². The highest BCUT2D eigenvalue weighted by Crippen LogP contribution is 2.60. The number of aliphatic hydroxyl groups is 1. The average molecular weight is 1000 g/mol. The smallest absolute Gasteiger partial charge is 0.350 e. The second-order valence-electron chi connectivity index (χ2n) is 22.3. The van der Waals surface area contributed by atoms with E-state index >= 15 is 14.4 Å². The summed E-state index contributed by atoms with van der Waals surface area (Å²) in [4.78, 5) is 51.7. The van der Waals surface area contributed by atoms with E-state index in [0.29, 0.717) is 57.3 Å². The third-order valence-corrected chi connectivity index (χ3v) is 17.1. The fourth-order valence-electron chi connectivity index (χ4n) is 13.4. The van der Waals surface area contributed by atoms with Gasteiger partial charge in [0.25, 0.3) is 5.60 Å². The second-order valence-corrected chi connectivity index (χ2v) is 22.3. The Labute approximate surface area is 432 Å². The number of fused-ring (bicyclic) bond motifs is 1. The van der Waals surface area contributed by atoms with E-state index in [1.54, 1.807) is 13.1 Å². The molecule has 0 amide bonds. The third kappa shape index (κ3) is 10.5. The monoisotopic (exact) mass is 1000 g/mol. The highest BCUT2D eigenvalue weighted by Gasteiger charge is 2.85. The van der Waals surface area contributed by atoms with Crippen molar-refractivity contribution in [3.63, 3.8) is 0 Å². The Morgan fingerprint density at radius 1 is 1.10 bits per heavy atom. The lowest BCUT2D eigenvalue weighted by atomic mass is 9.66. The Kier molecular flexibility index (Phi) is 16.0. The van der Waals surface area contributed by atoms with E-state index in [9.17, 15) is 5.11 Å². The van der Waals surface area contributed by atoms with Gasteiger partial charge in [-0.3, -0.25) is 14.6 Å². The fourth-order valence-corrected chi connectivity index (χ4v) is 13.4. The van der Waals surface area contributed by atoms with Crippen LogP contribution in [0.2, 0.25) is 0 Å². The number of Topliss-reactive ketones (excluding diaryl/α,β-unsaturated/α-hetero) is 2. The largest absolute Gasteiger partial charge is 0.459 e. The van der Waals surface area contributed by atoms with E-state index in [4.69, 9.17) is 15.2 Å². The molecule has 9 rings (SSSR count). The van der Waals surface area contributed by atoms with Crippen molar-refractivity contribution in [3.05, 3.63) is 118 Å². The molecule has 1 aromatic carbocycles. The Morgan fingerprint density at radius 3 is 2.74 bits per heavy atom. The molecule has 73 heavy (non-hydrogen) atoms. The predicted molar refractivity (Wildman–Crippen MR) is 286 cm³/mol. The van der Waals surface area contributed by atoms with Crippen LogP contribution in [0.1, 0.15) is 131 Å². The highest BCUT2D eigenvalue weighted by atomic mass is 16.7. The van der Waals surface area contributed by atoms with Gasteiger partial charge in [-0.2, -0.15) is 0 Å². The average Bonchev–Trinajstić information content (AvgIpc) is 4.15. The van der Waals surface area contributed by atoms with Crippen LogP contribution in [-0.4, -0.2) is 111 Å². The zero-order valence-corrected chi connectivity index (χ0v) is 43.8. The molecule has 1 aromatic rings. The number of guanidine groups is 1. The topological polar surface area (TPSA) is 216 Å². The summed E-state index contributed by atoms with van der Waals surface area (Å²) in [6, 6.07) is 5.46. The summed E-state index contributed by atoms with van der Waals surface area (Å²) in [7, 11) is 3.67. The number of allylic oxidation sites excluding steroid dienone is 5. The molecule has 15 nitrogen and oxygen atoms in total. The fraction of sp³-hybridized carbons (Fsp3) is 0.586. The van der Waals surface area contributed by atoms with Crippen LogP contribution in [0.15, 0.2) is 106 Å². The van der Waals surface area contributed by atoms with E-state index in [-0.39, 0.29) is 59.4 Å². The first-order valence-corrected chi connectivity index (χ1v) is 27.2. The minimum atomic E-state index is -2.20. The molecule has 15 heteroatoms. The van der Waals surface area contributed by atoms with Gasteiger partial charge in [0.05, 0.1) is 18.4 Å². The van der Waals surface area contributed by atoms with Gasteiger partial charge in [0, 0.05) is 62.5 Å². The number of ketones is 2. The molecule has 2 fully saturated rings. The zero-order valence-electron chi connectivity index (χ0n) is 43.8. The van der Waals surface area contributed by atoms with Crippen molar-refractivity contribution in [1.29, 1.82) is 0 Å². The van der Waals surface area contributed by atoms with Crippen molar-refractivity contribution in [1.82, 2.24) is 37.2 Å². The number of carbonyl (C=O) groups is 3. The van der Waals surface area contributed by atoms with Crippen LogP contribution in [0.25, 0.3) is 0 Å². The Morgan fingerprint density at radius 2 is 1.96 bits per heavy atom. The predicted octanol–water partition coefficient (Wildman–Crippen LogP) is 5.78. The molecule has 10 N–H and O–H groups in total. The number of aliphatic hydroxyl groups excluding tert-OH is 1. The molecular formula is C58H81N9O6. The third-order valence-electron chi connectivity index (χ3n) is 17.1. The van der Waals surface area contributed by atoms with Gasteiger partial charge in [-0.15, -0.1) is 0 Å². The number of ether oxygens (including phenoxy) is 2. The van der Waals surface area contributed by atoms with E-state index in [0.717, 1.165) is 92.4 Å². The van der Waals surface area contributed by atoms with Crippen LogP contribution < -0.4 is 43.0 Å². The summed E-state index contributed by atoms with van der Waals surface area (Å²) < 4.78 is 13.5. The minimum absolute atomic E-state index is 0.00305. The van der Waals surface area contributed by atoms with Crippen molar-refractivity contribution in [2.45, 2.75) is 146 Å². The van der Waals surface area contributed by atoms with Crippen LogP contribution >= 0.6 is 0 Å². The molecule has 10 atom stereocenters. The van der Waals surface area contributed by atoms with Gasteiger partial charge in [0.1, 0.15) is 11.9 Å². The van der Waals surface area contributed by atoms with Gasteiger partial charge in [-0.25, -0.2) is 4.79 Å². The molecule has 1 spiro atoms. The lowest BCUT2D eigenvalue weighted by Gasteiger charge is -2.43. The number of aliphatic imine (C=N–C) groups is 1. The lowest BCUT2D eigenvalue weighted by Crippen LogP contribution is -2.53. The molecule has 0 saturated carbocycles. The molecule has 4 bridgehead atoms. The number of nitrogens with one attached hydrogen (secondary N) is 7. The first-order chi connectivity index (χ1) is 35.3. The summed E-state index contributed by atoms with van der Waals surface area (Å²) in [5, 5.41) is 34.5. The number of hydrogen-bond donors (Lipinski definition) is 9. The summed E-state index contributed by atoms with van der Waals surface area (Å²) in [6.45, 7) is 9.05. The molecule has 10 unspecified atom stereocenters. The second kappa shape index (κ2) is 22.3. The Hall–Kier alpha value is -5.32. The summed E-state index contributed by atoms with van der Waals surface area (Å²) in [5.41, 5.74) is 7.08. The number of hydrogen-bond acceptors (Lipinski definition) is 13. The van der Waals surface area contributed by atoms with Gasteiger partial charge in [-0.05, 0) is 143 Å². The molecule has 394 valence electrons. The highest BCUT2D eigenvalue weighted by molar-refractivity contribution is 6.33. The van der Waals surface area contributed by atoms with E-state index in [1.807, 2.05) is 44.5 Å². The number of esters is 1. The maximum absolute atomic E-state index is 15.9. The van der Waals surface area contributed by atoms with Gasteiger partial charge >= 0.3 is 5.97 Å². The van der Waals surface area contributed by atoms with Crippen molar-refractivity contribution >= 4 is 23.5 Å². The molecule has 0 radical (unpaired) electrons. The Bertz CT molecular complexity index is 2530. The summed E-state index contributed by atoms with van der Waals surface area (Å²) in [5.74, 6) is 0.468. The molecule has 5 aliphatic heterocycles. The van der Waals surface area contributed by atoms with Crippen LogP contribution in [-0.2, 0) is 20.7 Å². The van der Waals surface area contributed by atoms with E-state index in [2.05, 4.69) is 92.5 Å². The maximum Gasteiger partial charge on any atom is 0.350 e. The number of nitrogens with two attached hydrogens (primary N) is 1. The van der Waals surface area contributed by atoms with Crippen molar-refractivity contribution < 1.29 is 29.0 Å². The SMILES string of the molecule is CCNC1C=C2C=CCC3CCCCC(C)(CC4=CNC(N)C=C4)Cc4cccc5c4C(=O)C4(OC4(CC=C(C)CC4(C6=CCNC(NCNC)=C6)CCCNC(=NC)N4)C5=O)C(=O)OC(CCCO)C1CC23. The molecular weight excluding hydrogens is 919 g/mol. The first kappa shape index (κ1) is 52.5. The van der Waals surface area contributed by atoms with Gasteiger partial charge in [0.15, 0.2) is 17.3 Å². The number of epoxide rings is 1. The van der Waals surface area contributed by atoms with Gasteiger partial charge < -0.3 is 57.5 Å². The van der Waals surface area contributed by atoms with Gasteiger partial charge in [0.2, 0.25) is 5.78 Å². The van der Waals surface area contributed by atoms with Crippen LogP contribution in [0.5, 0.6) is 0 Å². The van der Waals surface area contributed by atoms with Crippen LogP contribution in [0.4, 0.5) is 0 Å². The van der Waals surface area contributed by atoms with E-state index < -0.39 is 34.6 Å². The molecule has 2 saturated heterocycles. The summed E-state index contributed by atoms with van der Waals surface area (Å²) >= 11 is 0. The van der Waals surface area contributed by atoms with Crippen LogP contribution in [0.3, 0.4) is 0 Å². The van der Waals surface area contributed by atoms with E-state index in [1.165, 1.54) is 5.57 Å². The molecule has 0 aromatic heterocycles.